The van der Waals surface area contributed by atoms with Crippen LogP contribution in [0.2, 0.25) is 5.02 Å². The Kier molecular flexibility index (Phi) is 10.6. The van der Waals surface area contributed by atoms with Crippen LogP contribution >= 0.6 is 23.4 Å². The Morgan fingerprint density at radius 3 is 2.24 bits per heavy atom. The van der Waals surface area contributed by atoms with Crippen LogP contribution in [0.15, 0.2) is 108 Å². The van der Waals surface area contributed by atoms with Gasteiger partial charge in [-0.1, -0.05) is 48.0 Å². The molecular formula is C32H28ClN3O5S. The molecule has 0 saturated carbocycles. The van der Waals surface area contributed by atoms with E-state index in [1.54, 1.807) is 97.1 Å². The van der Waals surface area contributed by atoms with Gasteiger partial charge in [-0.3, -0.25) is 14.4 Å². The summed E-state index contributed by atoms with van der Waals surface area (Å²) >= 11 is 7.32. The van der Waals surface area contributed by atoms with Gasteiger partial charge < -0.3 is 25.4 Å². The number of hydrogen-bond acceptors (Lipinski definition) is 6. The fourth-order valence-electron chi connectivity index (χ4n) is 3.87. The van der Waals surface area contributed by atoms with E-state index in [0.717, 1.165) is 4.90 Å². The van der Waals surface area contributed by atoms with Crippen molar-refractivity contribution in [3.8, 4) is 11.5 Å². The van der Waals surface area contributed by atoms with Crippen molar-refractivity contribution in [2.75, 3.05) is 30.6 Å². The van der Waals surface area contributed by atoms with Gasteiger partial charge in [-0.05, 0) is 66.7 Å². The number of carbonyl (C=O) groups excluding carboxylic acids is 3. The minimum atomic E-state index is -0.537. The molecule has 4 aromatic carbocycles. The second kappa shape index (κ2) is 14.8. The lowest BCUT2D eigenvalue weighted by molar-refractivity contribution is -0.114. The van der Waals surface area contributed by atoms with Crippen LogP contribution in [0, 0.1) is 0 Å². The first-order valence-electron chi connectivity index (χ1n) is 12.7. The van der Waals surface area contributed by atoms with Crippen molar-refractivity contribution < 1.29 is 23.9 Å². The number of hydrogen-bond donors (Lipinski definition) is 3. The topological polar surface area (TPSA) is 106 Å². The van der Waals surface area contributed by atoms with Gasteiger partial charge in [0.25, 0.3) is 11.8 Å². The SMILES string of the molecule is COc1cccc(/C=C(\NC(=O)c2ccccc2)C(=O)Nc2ccc(SCC(=O)Nc3cccc(Cl)c3)cc2)c1OC. The third kappa shape index (κ3) is 8.39. The molecule has 4 rings (SSSR count). The molecule has 0 heterocycles. The van der Waals surface area contributed by atoms with E-state index in [2.05, 4.69) is 16.0 Å². The van der Waals surface area contributed by atoms with E-state index in [-0.39, 0.29) is 17.4 Å². The average Bonchev–Trinajstić information content (AvgIpc) is 3.00. The maximum atomic E-state index is 13.4. The van der Waals surface area contributed by atoms with Crippen LogP contribution in [0.5, 0.6) is 11.5 Å². The number of benzene rings is 4. The minimum absolute atomic E-state index is 0.00606. The Balaban J connectivity index is 1.47. The fraction of sp³-hybridized carbons (Fsp3) is 0.0938. The standard InChI is InChI=1S/C32H28ClN3O5S/c1-40-28-13-6-10-22(30(28)41-2)18-27(36-31(38)21-8-4-3-5-9-21)32(39)35-24-14-16-26(17-15-24)42-20-29(37)34-25-12-7-11-23(33)19-25/h3-19H,20H2,1-2H3,(H,34,37)(H,35,39)(H,36,38)/b27-18-. The number of halogens is 1. The Morgan fingerprint density at radius 1 is 0.810 bits per heavy atom. The molecule has 0 fully saturated rings. The Labute approximate surface area is 253 Å². The van der Waals surface area contributed by atoms with Gasteiger partial charge in [0, 0.05) is 32.4 Å². The molecule has 0 unspecified atom stereocenters. The summed E-state index contributed by atoms with van der Waals surface area (Å²) in [5.74, 6) is -0.0580. The van der Waals surface area contributed by atoms with Gasteiger partial charge in [0.05, 0.1) is 20.0 Å². The van der Waals surface area contributed by atoms with Gasteiger partial charge in [0.1, 0.15) is 5.70 Å². The first-order chi connectivity index (χ1) is 20.4. The maximum absolute atomic E-state index is 13.4. The van der Waals surface area contributed by atoms with Gasteiger partial charge in [-0.25, -0.2) is 0 Å². The number of para-hydroxylation sites is 1. The Bertz CT molecular complexity index is 1590. The molecule has 42 heavy (non-hydrogen) atoms. The average molecular weight is 602 g/mol. The number of ether oxygens (including phenoxy) is 2. The van der Waals surface area contributed by atoms with Gasteiger partial charge in [0.2, 0.25) is 5.91 Å². The highest BCUT2D eigenvalue weighted by Crippen LogP contribution is 2.32. The van der Waals surface area contributed by atoms with Crippen molar-refractivity contribution in [2.24, 2.45) is 0 Å². The number of nitrogens with one attached hydrogen (secondary N) is 3. The zero-order valence-corrected chi connectivity index (χ0v) is 24.4. The van der Waals surface area contributed by atoms with Crippen molar-refractivity contribution in [1.82, 2.24) is 5.32 Å². The Morgan fingerprint density at radius 2 is 1.55 bits per heavy atom. The zero-order valence-electron chi connectivity index (χ0n) is 22.8. The van der Waals surface area contributed by atoms with Crippen LogP contribution in [0.3, 0.4) is 0 Å². The molecule has 0 aliphatic rings. The summed E-state index contributed by atoms with van der Waals surface area (Å²) in [6, 6.07) is 27.8. The van der Waals surface area contributed by atoms with Gasteiger partial charge in [-0.2, -0.15) is 0 Å². The first-order valence-corrected chi connectivity index (χ1v) is 14.1. The normalized spacial score (nSPS) is 10.9. The van der Waals surface area contributed by atoms with E-state index < -0.39 is 11.8 Å². The molecule has 3 amide bonds. The van der Waals surface area contributed by atoms with E-state index in [1.807, 2.05) is 0 Å². The molecule has 0 saturated heterocycles. The van der Waals surface area contributed by atoms with Crippen LogP contribution in [0.25, 0.3) is 6.08 Å². The largest absolute Gasteiger partial charge is 0.493 e. The molecule has 8 nitrogen and oxygen atoms in total. The molecule has 0 bridgehead atoms. The monoisotopic (exact) mass is 601 g/mol. The fourth-order valence-corrected chi connectivity index (χ4v) is 4.76. The maximum Gasteiger partial charge on any atom is 0.272 e. The van der Waals surface area contributed by atoms with Crippen LogP contribution in [-0.2, 0) is 9.59 Å². The number of thioether (sulfide) groups is 1. The van der Waals surface area contributed by atoms with Crippen LogP contribution < -0.4 is 25.4 Å². The highest BCUT2D eigenvalue weighted by atomic mass is 35.5. The van der Waals surface area contributed by atoms with Gasteiger partial charge in [-0.15, -0.1) is 11.8 Å². The second-order valence-corrected chi connectivity index (χ2v) is 10.3. The molecule has 3 N–H and O–H groups in total. The zero-order chi connectivity index (χ0) is 29.9. The second-order valence-electron chi connectivity index (χ2n) is 8.79. The summed E-state index contributed by atoms with van der Waals surface area (Å²) < 4.78 is 10.9. The lowest BCUT2D eigenvalue weighted by Crippen LogP contribution is -2.30. The molecule has 0 aliphatic heterocycles. The summed E-state index contributed by atoms with van der Waals surface area (Å²) in [4.78, 5) is 39.5. The Hall–Kier alpha value is -4.73. The molecule has 0 aliphatic carbocycles. The molecule has 0 radical (unpaired) electrons. The smallest absolute Gasteiger partial charge is 0.272 e. The van der Waals surface area contributed by atoms with Crippen LogP contribution in [-0.4, -0.2) is 37.7 Å². The van der Waals surface area contributed by atoms with Crippen LogP contribution in [0.1, 0.15) is 15.9 Å². The van der Waals surface area contributed by atoms with Crippen molar-refractivity contribution in [3.63, 3.8) is 0 Å². The summed E-state index contributed by atoms with van der Waals surface area (Å²) in [6.45, 7) is 0. The van der Waals surface area contributed by atoms with Gasteiger partial charge >= 0.3 is 0 Å². The van der Waals surface area contributed by atoms with Crippen molar-refractivity contribution >= 4 is 58.5 Å². The summed E-state index contributed by atoms with van der Waals surface area (Å²) in [6.07, 6.45) is 1.53. The number of amides is 3. The van der Waals surface area contributed by atoms with Gasteiger partial charge in [0.15, 0.2) is 11.5 Å². The summed E-state index contributed by atoms with van der Waals surface area (Å²) in [5, 5.41) is 8.88. The lowest BCUT2D eigenvalue weighted by atomic mass is 10.1. The molecule has 4 aromatic rings. The number of rotatable bonds is 11. The van der Waals surface area contributed by atoms with Crippen molar-refractivity contribution in [1.29, 1.82) is 0 Å². The molecule has 0 aromatic heterocycles. The van der Waals surface area contributed by atoms with E-state index in [1.165, 1.54) is 32.1 Å². The quantitative estimate of drug-likeness (QED) is 0.134. The van der Waals surface area contributed by atoms with E-state index in [4.69, 9.17) is 21.1 Å². The predicted molar refractivity (Wildman–Crippen MR) is 167 cm³/mol. The number of carbonyl (C=O) groups is 3. The van der Waals surface area contributed by atoms with E-state index in [9.17, 15) is 14.4 Å². The minimum Gasteiger partial charge on any atom is -0.493 e. The molecule has 214 valence electrons. The van der Waals surface area contributed by atoms with Crippen molar-refractivity contribution in [2.45, 2.75) is 4.90 Å². The highest BCUT2D eigenvalue weighted by molar-refractivity contribution is 8.00. The summed E-state index contributed by atoms with van der Waals surface area (Å²) in [7, 11) is 3.02. The highest BCUT2D eigenvalue weighted by Gasteiger charge is 2.17. The first kappa shape index (κ1) is 30.2. The molecular weight excluding hydrogens is 574 g/mol. The molecule has 10 heteroatoms. The van der Waals surface area contributed by atoms with E-state index >= 15 is 0 Å². The predicted octanol–water partition coefficient (Wildman–Crippen LogP) is 6.50. The van der Waals surface area contributed by atoms with Crippen LogP contribution in [0.4, 0.5) is 11.4 Å². The lowest BCUT2D eigenvalue weighted by Gasteiger charge is -2.14. The number of methoxy groups -OCH3 is 2. The summed E-state index contributed by atoms with van der Waals surface area (Å²) in [5.41, 5.74) is 2.07. The van der Waals surface area contributed by atoms with Crippen molar-refractivity contribution in [3.05, 3.63) is 119 Å². The third-order valence-electron chi connectivity index (χ3n) is 5.85. The third-order valence-corrected chi connectivity index (χ3v) is 7.10. The van der Waals surface area contributed by atoms with E-state index in [0.29, 0.717) is 39.0 Å². The molecule has 0 atom stereocenters. The number of anilines is 2. The molecule has 0 spiro atoms.